The number of nitrogens with one attached hydrogen (secondary N) is 2. The number of aromatic amines is 1. The molecule has 3 heterocycles. The number of anilines is 2. The van der Waals surface area contributed by atoms with Crippen LogP contribution in [0.1, 0.15) is 11.3 Å². The zero-order valence-corrected chi connectivity index (χ0v) is 16.8. The maximum Gasteiger partial charge on any atom is 0.310 e. The zero-order valence-electron chi connectivity index (χ0n) is 14.6. The van der Waals surface area contributed by atoms with Crippen molar-refractivity contribution in [1.82, 2.24) is 19.5 Å². The van der Waals surface area contributed by atoms with Crippen LogP contribution in [0.4, 0.5) is 20.4 Å². The van der Waals surface area contributed by atoms with Gasteiger partial charge in [0.15, 0.2) is 0 Å². The van der Waals surface area contributed by atoms with Crippen molar-refractivity contribution >= 4 is 45.3 Å². The Morgan fingerprint density at radius 2 is 2.04 bits per heavy atom. The number of aromatic nitrogens is 4. The van der Waals surface area contributed by atoms with Crippen LogP contribution in [0, 0.1) is 22.1 Å². The predicted octanol–water partition coefficient (Wildman–Crippen LogP) is 4.10. The Bertz CT molecular complexity index is 1230. The first-order valence-electron chi connectivity index (χ1n) is 8.33. The Labute approximate surface area is 171 Å². The number of hydrogen-bond donors (Lipinski definition) is 2. The monoisotopic (exact) mass is 493 g/mol. The van der Waals surface area contributed by atoms with Crippen molar-refractivity contribution in [2.24, 2.45) is 0 Å². The highest BCUT2D eigenvalue weighted by Gasteiger charge is 2.12. The summed E-state index contributed by atoms with van der Waals surface area (Å²) in [5.74, 6) is -1.22. The third-order valence-electron chi connectivity index (χ3n) is 4.20. The number of nitrogens with zero attached hydrogens (tertiary/aromatic N) is 3. The molecule has 0 atom stereocenters. The largest absolute Gasteiger partial charge is 0.346 e. The van der Waals surface area contributed by atoms with Crippen LogP contribution in [-0.4, -0.2) is 19.5 Å². The highest BCUT2D eigenvalue weighted by Crippen LogP contribution is 2.23. The molecule has 2 N–H and O–H groups in total. The number of aryl methyl sites for hydroxylation is 1. The topological polar surface area (TPSA) is 75.6 Å². The third-order valence-corrected chi connectivity index (χ3v) is 4.82. The lowest BCUT2D eigenvalue weighted by molar-refractivity contribution is 0.578. The molecule has 0 aliphatic carbocycles. The molecule has 0 aliphatic heterocycles. The first-order chi connectivity index (χ1) is 13.4. The van der Waals surface area contributed by atoms with Crippen LogP contribution < -0.4 is 10.9 Å². The van der Waals surface area contributed by atoms with Crippen molar-refractivity contribution in [1.29, 1.82) is 0 Å². The van der Waals surface area contributed by atoms with Crippen molar-refractivity contribution in [2.75, 3.05) is 5.32 Å². The number of rotatable bonds is 4. The van der Waals surface area contributed by atoms with Crippen molar-refractivity contribution in [2.45, 2.75) is 13.5 Å². The molecule has 0 fully saturated rings. The highest BCUT2D eigenvalue weighted by molar-refractivity contribution is 14.1. The van der Waals surface area contributed by atoms with Gasteiger partial charge in [-0.05, 0) is 65.4 Å². The molecule has 9 heteroatoms. The van der Waals surface area contributed by atoms with Gasteiger partial charge in [-0.2, -0.15) is 9.37 Å². The van der Waals surface area contributed by atoms with Crippen molar-refractivity contribution in [3.8, 4) is 0 Å². The van der Waals surface area contributed by atoms with Crippen LogP contribution in [0.15, 0.2) is 47.5 Å². The van der Waals surface area contributed by atoms with E-state index in [-0.39, 0.29) is 18.3 Å². The Morgan fingerprint density at radius 1 is 1.21 bits per heavy atom. The van der Waals surface area contributed by atoms with Gasteiger partial charge in [0.2, 0.25) is 11.8 Å². The minimum absolute atomic E-state index is 0.138. The molecule has 0 saturated carbocycles. The minimum Gasteiger partial charge on any atom is -0.346 e. The first-order valence-corrected chi connectivity index (χ1v) is 9.40. The van der Waals surface area contributed by atoms with Crippen LogP contribution in [0.5, 0.6) is 0 Å². The van der Waals surface area contributed by atoms with Crippen molar-refractivity contribution < 1.29 is 8.78 Å². The molecule has 3 aromatic heterocycles. The standard InChI is InChI=1S/C19H14F2IN5O/c1-10-16(6-12-2-3-23-17(12)24-10)25-19-26-18(28)15(21)9-27(19)8-11-4-13(20)7-14(22)5-11/h2-7,9H,8H2,1H3,(H,23,24)(H,25,26,28). The van der Waals surface area contributed by atoms with Crippen LogP contribution >= 0.6 is 22.6 Å². The molecular formula is C19H14F2IN5O. The van der Waals surface area contributed by atoms with Crippen LogP contribution in [-0.2, 0) is 6.54 Å². The van der Waals surface area contributed by atoms with Gasteiger partial charge in [-0.1, -0.05) is 0 Å². The summed E-state index contributed by atoms with van der Waals surface area (Å²) in [4.78, 5) is 23.1. The first kappa shape index (κ1) is 18.5. The van der Waals surface area contributed by atoms with E-state index in [1.807, 2.05) is 41.6 Å². The van der Waals surface area contributed by atoms with Gasteiger partial charge in [0.25, 0.3) is 0 Å². The SMILES string of the molecule is Cc1nc2[nH]ccc2cc1Nc1nc(=O)c(F)cn1Cc1cc(F)cc(I)c1. The Morgan fingerprint density at radius 3 is 2.82 bits per heavy atom. The van der Waals surface area contributed by atoms with Gasteiger partial charge in [0.1, 0.15) is 11.5 Å². The van der Waals surface area contributed by atoms with Crippen molar-refractivity contribution in [3.63, 3.8) is 0 Å². The number of fused-ring (bicyclic) bond motifs is 1. The quantitative estimate of drug-likeness (QED) is 0.420. The summed E-state index contributed by atoms with van der Waals surface area (Å²) in [5.41, 5.74) is 1.70. The zero-order chi connectivity index (χ0) is 19.8. The lowest BCUT2D eigenvalue weighted by Crippen LogP contribution is -2.20. The lowest BCUT2D eigenvalue weighted by atomic mass is 10.2. The van der Waals surface area contributed by atoms with Gasteiger partial charge in [-0.15, -0.1) is 0 Å². The summed E-state index contributed by atoms with van der Waals surface area (Å²) >= 11 is 2.01. The van der Waals surface area contributed by atoms with E-state index >= 15 is 0 Å². The second-order valence-electron chi connectivity index (χ2n) is 6.29. The molecule has 4 rings (SSSR count). The fourth-order valence-corrected chi connectivity index (χ4v) is 3.60. The summed E-state index contributed by atoms with van der Waals surface area (Å²) in [7, 11) is 0. The van der Waals surface area contributed by atoms with E-state index in [1.165, 1.54) is 16.7 Å². The highest BCUT2D eigenvalue weighted by atomic mass is 127. The summed E-state index contributed by atoms with van der Waals surface area (Å²) in [5, 5.41) is 3.93. The summed E-state index contributed by atoms with van der Waals surface area (Å²) in [6, 6.07) is 8.27. The van der Waals surface area contributed by atoms with E-state index in [4.69, 9.17) is 0 Å². The maximum atomic E-state index is 13.9. The maximum absolute atomic E-state index is 13.9. The van der Waals surface area contributed by atoms with E-state index < -0.39 is 11.4 Å². The molecule has 0 unspecified atom stereocenters. The van der Waals surface area contributed by atoms with E-state index in [2.05, 4.69) is 20.3 Å². The second kappa shape index (κ2) is 7.30. The average molecular weight is 493 g/mol. The molecule has 0 bridgehead atoms. The molecular weight excluding hydrogens is 479 g/mol. The Kier molecular flexibility index (Phi) is 4.84. The van der Waals surface area contributed by atoms with Gasteiger partial charge < -0.3 is 14.9 Å². The summed E-state index contributed by atoms with van der Waals surface area (Å²) < 4.78 is 29.8. The normalized spacial score (nSPS) is 11.1. The molecule has 0 radical (unpaired) electrons. The third kappa shape index (κ3) is 3.75. The molecule has 0 aliphatic rings. The number of hydrogen-bond acceptors (Lipinski definition) is 4. The molecule has 4 aromatic rings. The summed E-state index contributed by atoms with van der Waals surface area (Å²) in [6.07, 6.45) is 2.84. The van der Waals surface area contributed by atoms with E-state index in [0.29, 0.717) is 16.9 Å². The minimum atomic E-state index is -0.979. The molecule has 1 aromatic carbocycles. The van der Waals surface area contributed by atoms with Crippen LogP contribution in [0.25, 0.3) is 11.0 Å². The second-order valence-corrected chi connectivity index (χ2v) is 7.53. The predicted molar refractivity (Wildman–Crippen MR) is 111 cm³/mol. The van der Waals surface area contributed by atoms with Gasteiger partial charge >= 0.3 is 5.56 Å². The fraction of sp³-hybridized carbons (Fsp3) is 0.105. The molecule has 0 saturated heterocycles. The molecule has 6 nitrogen and oxygen atoms in total. The van der Waals surface area contributed by atoms with Gasteiger partial charge in [-0.25, -0.2) is 9.37 Å². The van der Waals surface area contributed by atoms with Crippen LogP contribution in [0.3, 0.4) is 0 Å². The molecule has 142 valence electrons. The van der Waals surface area contributed by atoms with Crippen LogP contribution in [0.2, 0.25) is 0 Å². The molecule has 0 amide bonds. The number of benzene rings is 1. The van der Waals surface area contributed by atoms with Crippen molar-refractivity contribution in [3.05, 3.63) is 79.5 Å². The Balaban J connectivity index is 1.76. The van der Waals surface area contributed by atoms with Gasteiger partial charge in [0.05, 0.1) is 17.9 Å². The molecule has 0 spiro atoms. The smallest absolute Gasteiger partial charge is 0.310 e. The number of halogens is 3. The van der Waals surface area contributed by atoms with E-state index in [0.717, 1.165) is 20.8 Å². The fourth-order valence-electron chi connectivity index (χ4n) is 2.91. The summed E-state index contributed by atoms with van der Waals surface area (Å²) in [6.45, 7) is 1.95. The average Bonchev–Trinajstić information content (AvgIpc) is 3.05. The van der Waals surface area contributed by atoms with E-state index in [9.17, 15) is 13.6 Å². The number of H-pyrrole nitrogens is 1. The van der Waals surface area contributed by atoms with E-state index in [1.54, 1.807) is 12.3 Å². The van der Waals surface area contributed by atoms with Gasteiger partial charge in [0, 0.05) is 21.4 Å². The molecule has 28 heavy (non-hydrogen) atoms. The van der Waals surface area contributed by atoms with Gasteiger partial charge in [-0.3, -0.25) is 4.79 Å². The number of pyridine rings is 1. The lowest BCUT2D eigenvalue weighted by Gasteiger charge is -2.15. The Hall–Kier alpha value is -2.82.